The molecule has 0 saturated carbocycles. The molecule has 0 unspecified atom stereocenters. The highest BCUT2D eigenvalue weighted by molar-refractivity contribution is 9.09. The Bertz CT molecular complexity index is 332. The number of rotatable bonds is 15. The van der Waals surface area contributed by atoms with E-state index in [4.69, 9.17) is 14.2 Å². The Balaban J connectivity index is 1.73. The summed E-state index contributed by atoms with van der Waals surface area (Å²) >= 11 is 3.42. The van der Waals surface area contributed by atoms with Crippen LogP contribution in [0.1, 0.15) is 37.7 Å². The molecule has 0 spiro atoms. The Morgan fingerprint density at radius 3 is 1.91 bits per heavy atom. The number of halogens is 1. The summed E-state index contributed by atoms with van der Waals surface area (Å²) in [5, 5.41) is 1.07. The largest absolute Gasteiger partial charge is 0.381 e. The minimum atomic E-state index is 0.658. The second-order valence-corrected chi connectivity index (χ2v) is 6.01. The fraction of sp³-hybridized carbons (Fsp3) is 0.667. The molecule has 0 atom stereocenters. The number of hydrogen-bond acceptors (Lipinski definition) is 3. The quantitative estimate of drug-likeness (QED) is 0.333. The third-order valence-electron chi connectivity index (χ3n) is 3.23. The van der Waals surface area contributed by atoms with Crippen molar-refractivity contribution in [1.29, 1.82) is 0 Å². The minimum absolute atomic E-state index is 0.658. The Kier molecular flexibility index (Phi) is 13.8. The van der Waals surface area contributed by atoms with Gasteiger partial charge in [0.25, 0.3) is 0 Å². The third kappa shape index (κ3) is 12.2. The van der Waals surface area contributed by atoms with Crippen molar-refractivity contribution >= 4 is 15.9 Å². The van der Waals surface area contributed by atoms with E-state index in [9.17, 15) is 0 Å². The van der Waals surface area contributed by atoms with Crippen LogP contribution in [0.25, 0.3) is 0 Å². The maximum atomic E-state index is 5.56. The van der Waals surface area contributed by atoms with Gasteiger partial charge in [-0.15, -0.1) is 0 Å². The standard InChI is InChI=1S/C18H29BrO3/c19-11-5-8-14-20-12-6-2-7-13-21-15-16-22-17-18-9-3-1-4-10-18/h1,3-4,9-10H,2,5-8,11-17H2. The summed E-state index contributed by atoms with van der Waals surface area (Å²) in [4.78, 5) is 0. The Hall–Kier alpha value is -0.420. The summed E-state index contributed by atoms with van der Waals surface area (Å²) in [5.41, 5.74) is 1.21. The van der Waals surface area contributed by atoms with Crippen LogP contribution >= 0.6 is 15.9 Å². The molecule has 0 aliphatic carbocycles. The molecular weight excluding hydrogens is 344 g/mol. The smallest absolute Gasteiger partial charge is 0.0718 e. The SMILES string of the molecule is BrCCCCOCCCCCOCCOCc1ccccc1. The lowest BCUT2D eigenvalue weighted by molar-refractivity contribution is 0.0385. The highest BCUT2D eigenvalue weighted by Gasteiger charge is 1.94. The molecule has 0 fully saturated rings. The number of unbranched alkanes of at least 4 members (excludes halogenated alkanes) is 3. The average molecular weight is 373 g/mol. The first kappa shape index (κ1) is 19.6. The summed E-state index contributed by atoms with van der Waals surface area (Å²) in [5.74, 6) is 0. The second kappa shape index (κ2) is 15.5. The Labute approximate surface area is 143 Å². The van der Waals surface area contributed by atoms with Crippen molar-refractivity contribution in [3.8, 4) is 0 Å². The molecule has 0 heterocycles. The van der Waals surface area contributed by atoms with Gasteiger partial charge in [-0.25, -0.2) is 0 Å². The van der Waals surface area contributed by atoms with E-state index < -0.39 is 0 Å². The summed E-state index contributed by atoms with van der Waals surface area (Å²) in [6, 6.07) is 10.2. The lowest BCUT2D eigenvalue weighted by Crippen LogP contribution is -2.05. The van der Waals surface area contributed by atoms with Crippen molar-refractivity contribution < 1.29 is 14.2 Å². The Morgan fingerprint density at radius 2 is 1.23 bits per heavy atom. The van der Waals surface area contributed by atoms with Gasteiger partial charge in [-0.05, 0) is 37.7 Å². The van der Waals surface area contributed by atoms with E-state index in [-0.39, 0.29) is 0 Å². The molecule has 1 rings (SSSR count). The van der Waals surface area contributed by atoms with Gasteiger partial charge < -0.3 is 14.2 Å². The molecule has 0 saturated heterocycles. The van der Waals surface area contributed by atoms with Gasteiger partial charge in [-0.3, -0.25) is 0 Å². The van der Waals surface area contributed by atoms with E-state index >= 15 is 0 Å². The number of ether oxygens (including phenoxy) is 3. The first-order chi connectivity index (χ1) is 10.9. The van der Waals surface area contributed by atoms with Gasteiger partial charge in [-0.2, -0.15) is 0 Å². The molecule has 1 aromatic carbocycles. The summed E-state index contributed by atoms with van der Waals surface area (Å²) in [6.45, 7) is 4.58. The summed E-state index contributed by atoms with van der Waals surface area (Å²) < 4.78 is 16.7. The van der Waals surface area contributed by atoms with Crippen molar-refractivity contribution in [3.05, 3.63) is 35.9 Å². The molecule has 126 valence electrons. The summed E-state index contributed by atoms with van der Waals surface area (Å²) in [7, 11) is 0. The molecule has 4 heteroatoms. The molecule has 0 aliphatic rings. The highest BCUT2D eigenvalue weighted by Crippen LogP contribution is 2.01. The Morgan fingerprint density at radius 1 is 0.636 bits per heavy atom. The molecule has 0 amide bonds. The normalized spacial score (nSPS) is 11.0. The van der Waals surface area contributed by atoms with E-state index in [2.05, 4.69) is 28.1 Å². The fourth-order valence-corrected chi connectivity index (χ4v) is 2.37. The van der Waals surface area contributed by atoms with Crippen molar-refractivity contribution in [2.75, 3.05) is 38.4 Å². The second-order valence-electron chi connectivity index (χ2n) is 5.22. The van der Waals surface area contributed by atoms with Crippen molar-refractivity contribution in [3.63, 3.8) is 0 Å². The predicted octanol–water partition coefficient (Wildman–Crippen LogP) is 4.58. The fourth-order valence-electron chi connectivity index (χ4n) is 1.97. The van der Waals surface area contributed by atoms with Gasteiger partial charge in [0.1, 0.15) is 0 Å². The zero-order valence-corrected chi connectivity index (χ0v) is 15.1. The van der Waals surface area contributed by atoms with Crippen LogP contribution in [0, 0.1) is 0 Å². The molecule has 0 radical (unpaired) electrons. The number of benzene rings is 1. The van der Waals surface area contributed by atoms with Crippen LogP contribution in [0.5, 0.6) is 0 Å². The van der Waals surface area contributed by atoms with Gasteiger partial charge in [0.15, 0.2) is 0 Å². The van der Waals surface area contributed by atoms with Crippen LogP contribution in [0.15, 0.2) is 30.3 Å². The van der Waals surface area contributed by atoms with Crippen molar-refractivity contribution in [2.24, 2.45) is 0 Å². The lowest BCUT2D eigenvalue weighted by Gasteiger charge is -2.06. The molecule has 0 N–H and O–H groups in total. The van der Waals surface area contributed by atoms with Crippen LogP contribution in [0.2, 0.25) is 0 Å². The lowest BCUT2D eigenvalue weighted by atomic mass is 10.2. The van der Waals surface area contributed by atoms with Gasteiger partial charge in [0, 0.05) is 25.2 Å². The molecule has 0 bridgehead atoms. The zero-order chi connectivity index (χ0) is 15.7. The van der Waals surface area contributed by atoms with E-state index in [1.54, 1.807) is 0 Å². The van der Waals surface area contributed by atoms with Gasteiger partial charge >= 0.3 is 0 Å². The van der Waals surface area contributed by atoms with Crippen LogP contribution < -0.4 is 0 Å². The van der Waals surface area contributed by atoms with E-state index in [0.29, 0.717) is 19.8 Å². The van der Waals surface area contributed by atoms with E-state index in [1.807, 2.05) is 18.2 Å². The molecule has 0 aromatic heterocycles. The molecule has 22 heavy (non-hydrogen) atoms. The average Bonchev–Trinajstić information content (AvgIpc) is 2.56. The number of hydrogen-bond donors (Lipinski definition) is 0. The number of alkyl halides is 1. The molecule has 0 aliphatic heterocycles. The van der Waals surface area contributed by atoms with Gasteiger partial charge in [-0.1, -0.05) is 46.3 Å². The topological polar surface area (TPSA) is 27.7 Å². The maximum absolute atomic E-state index is 5.56. The predicted molar refractivity (Wildman–Crippen MR) is 94.6 cm³/mol. The van der Waals surface area contributed by atoms with Crippen molar-refractivity contribution in [1.82, 2.24) is 0 Å². The third-order valence-corrected chi connectivity index (χ3v) is 3.79. The van der Waals surface area contributed by atoms with Gasteiger partial charge in [0.2, 0.25) is 0 Å². The minimum Gasteiger partial charge on any atom is -0.381 e. The highest BCUT2D eigenvalue weighted by atomic mass is 79.9. The van der Waals surface area contributed by atoms with Crippen LogP contribution in [0.3, 0.4) is 0 Å². The van der Waals surface area contributed by atoms with Gasteiger partial charge in [0.05, 0.1) is 19.8 Å². The maximum Gasteiger partial charge on any atom is 0.0718 e. The zero-order valence-electron chi connectivity index (χ0n) is 13.5. The van der Waals surface area contributed by atoms with Crippen LogP contribution in [-0.4, -0.2) is 38.4 Å². The van der Waals surface area contributed by atoms with Crippen LogP contribution in [0.4, 0.5) is 0 Å². The monoisotopic (exact) mass is 372 g/mol. The molecular formula is C18H29BrO3. The van der Waals surface area contributed by atoms with E-state index in [0.717, 1.165) is 44.4 Å². The first-order valence-corrected chi connectivity index (χ1v) is 9.39. The van der Waals surface area contributed by atoms with Crippen LogP contribution in [-0.2, 0) is 20.8 Å². The molecule has 3 nitrogen and oxygen atoms in total. The summed E-state index contributed by atoms with van der Waals surface area (Å²) in [6.07, 6.45) is 5.74. The first-order valence-electron chi connectivity index (χ1n) is 8.26. The van der Waals surface area contributed by atoms with Crippen molar-refractivity contribution in [2.45, 2.75) is 38.7 Å². The van der Waals surface area contributed by atoms with E-state index in [1.165, 1.54) is 18.4 Å². The molecule has 1 aromatic rings.